The number of hydrogen-bond donors (Lipinski definition) is 2. The molecule has 0 atom stereocenters. The third kappa shape index (κ3) is 5.76. The van der Waals surface area contributed by atoms with Crippen molar-refractivity contribution in [2.24, 2.45) is 5.10 Å². The molecule has 0 aliphatic heterocycles. The molecule has 202 valence electrons. The van der Waals surface area contributed by atoms with E-state index in [0.29, 0.717) is 5.75 Å². The van der Waals surface area contributed by atoms with Crippen LogP contribution in [0.4, 0.5) is 24.7 Å². The van der Waals surface area contributed by atoms with Crippen molar-refractivity contribution in [1.82, 2.24) is 14.8 Å². The van der Waals surface area contributed by atoms with Crippen LogP contribution in [0.25, 0.3) is 5.65 Å². The van der Waals surface area contributed by atoms with Crippen molar-refractivity contribution >= 4 is 29.3 Å². The number of nitrogens with zero attached hydrogens (tertiary/aromatic N) is 3. The Kier molecular flexibility index (Phi) is 7.70. The molecule has 0 bridgehead atoms. The predicted octanol–water partition coefficient (Wildman–Crippen LogP) is 4.25. The van der Waals surface area contributed by atoms with E-state index in [1.165, 1.54) is 56.2 Å². The number of benzene rings is 2. The highest BCUT2D eigenvalue weighted by Gasteiger charge is 2.30. The van der Waals surface area contributed by atoms with Gasteiger partial charge in [0.25, 0.3) is 11.5 Å². The van der Waals surface area contributed by atoms with Crippen LogP contribution in [0, 0.1) is 0 Å². The maximum absolute atomic E-state index is 13.2. The number of ether oxygens (including phenoxy) is 3. The molecule has 2 aromatic heterocycles. The highest BCUT2D eigenvalue weighted by Crippen LogP contribution is 2.38. The van der Waals surface area contributed by atoms with Crippen molar-refractivity contribution in [2.75, 3.05) is 26.6 Å². The third-order valence-corrected chi connectivity index (χ3v) is 5.51. The summed E-state index contributed by atoms with van der Waals surface area (Å²) in [7, 11) is 4.22. The first-order valence-electron chi connectivity index (χ1n) is 11.3. The van der Waals surface area contributed by atoms with Crippen LogP contribution in [0.1, 0.15) is 21.5 Å². The molecule has 0 fully saturated rings. The van der Waals surface area contributed by atoms with Gasteiger partial charge in [0, 0.05) is 17.4 Å². The highest BCUT2D eigenvalue weighted by molar-refractivity contribution is 5.96. The van der Waals surface area contributed by atoms with E-state index in [-0.39, 0.29) is 39.8 Å². The molecule has 39 heavy (non-hydrogen) atoms. The van der Waals surface area contributed by atoms with Crippen molar-refractivity contribution < 1.29 is 32.2 Å². The number of anilines is 2. The minimum Gasteiger partial charge on any atom is -0.493 e. The van der Waals surface area contributed by atoms with Crippen LogP contribution in [0.15, 0.2) is 70.7 Å². The van der Waals surface area contributed by atoms with Crippen molar-refractivity contribution in [3.8, 4) is 17.2 Å². The molecular formula is C26H22F3N5O5. The van der Waals surface area contributed by atoms with Crippen LogP contribution in [-0.4, -0.2) is 42.8 Å². The molecule has 4 rings (SSSR count). The normalized spacial score (nSPS) is 11.4. The summed E-state index contributed by atoms with van der Waals surface area (Å²) in [6.45, 7) is 0. The predicted molar refractivity (Wildman–Crippen MR) is 137 cm³/mol. The molecule has 0 saturated carbocycles. The number of pyridine rings is 1. The Balaban J connectivity index is 1.68. The molecule has 0 aliphatic rings. The third-order valence-electron chi connectivity index (χ3n) is 5.51. The summed E-state index contributed by atoms with van der Waals surface area (Å²) in [6, 6.07) is 12.1. The Morgan fingerprint density at radius 1 is 1.00 bits per heavy atom. The molecule has 0 aliphatic carbocycles. The molecule has 0 unspecified atom stereocenters. The fourth-order valence-corrected chi connectivity index (χ4v) is 3.66. The molecule has 2 aromatic carbocycles. The zero-order valence-corrected chi connectivity index (χ0v) is 20.9. The van der Waals surface area contributed by atoms with E-state index < -0.39 is 23.2 Å². The van der Waals surface area contributed by atoms with E-state index in [4.69, 9.17) is 14.2 Å². The number of rotatable bonds is 8. The number of halogens is 3. The largest absolute Gasteiger partial charge is 0.493 e. The Bertz CT molecular complexity index is 1590. The van der Waals surface area contributed by atoms with Crippen LogP contribution in [-0.2, 0) is 6.18 Å². The lowest BCUT2D eigenvalue weighted by Crippen LogP contribution is -2.23. The van der Waals surface area contributed by atoms with E-state index in [1.54, 1.807) is 18.2 Å². The Hall–Kier alpha value is -5.07. The first kappa shape index (κ1) is 27.0. The number of fused-ring (bicyclic) bond motifs is 1. The van der Waals surface area contributed by atoms with E-state index in [0.717, 1.165) is 18.3 Å². The van der Waals surface area contributed by atoms with E-state index in [9.17, 15) is 22.8 Å². The quantitative estimate of drug-likeness (QED) is 0.253. The van der Waals surface area contributed by atoms with Gasteiger partial charge in [-0.2, -0.15) is 18.3 Å². The topological polar surface area (TPSA) is 116 Å². The maximum atomic E-state index is 13.2. The average Bonchev–Trinajstić information content (AvgIpc) is 2.93. The van der Waals surface area contributed by atoms with Gasteiger partial charge in [0.1, 0.15) is 17.0 Å². The van der Waals surface area contributed by atoms with Crippen LogP contribution < -0.4 is 30.5 Å². The molecule has 2 heterocycles. The standard InChI is InChI=1S/C26H22F3N5O5/c1-37-19-11-15(12-20(38-2)22(19)39-3)24(35)33-30-14-18-23(32-21-9-4-5-10-34(21)25(18)36)31-17-8-6-7-16(13-17)26(27,28)29/h4-14,31H,1-3H3,(H,33,35). The summed E-state index contributed by atoms with van der Waals surface area (Å²) in [5.74, 6) is 0.0646. The number of alkyl halides is 3. The fourth-order valence-electron chi connectivity index (χ4n) is 3.66. The van der Waals surface area contributed by atoms with Gasteiger partial charge in [-0.25, -0.2) is 10.4 Å². The second kappa shape index (κ2) is 11.1. The van der Waals surface area contributed by atoms with Crippen LogP contribution in [0.5, 0.6) is 17.2 Å². The number of methoxy groups -OCH3 is 3. The Morgan fingerprint density at radius 3 is 2.36 bits per heavy atom. The first-order valence-corrected chi connectivity index (χ1v) is 11.3. The molecule has 4 aromatic rings. The summed E-state index contributed by atoms with van der Waals surface area (Å²) >= 11 is 0. The molecule has 1 amide bonds. The van der Waals surface area contributed by atoms with Crippen LogP contribution in [0.2, 0.25) is 0 Å². The zero-order chi connectivity index (χ0) is 28.2. The van der Waals surface area contributed by atoms with Gasteiger partial charge < -0.3 is 19.5 Å². The van der Waals surface area contributed by atoms with E-state index in [1.807, 2.05) is 0 Å². The summed E-state index contributed by atoms with van der Waals surface area (Å²) in [4.78, 5) is 30.3. The smallest absolute Gasteiger partial charge is 0.416 e. The number of amides is 1. The van der Waals surface area contributed by atoms with Crippen molar-refractivity contribution in [1.29, 1.82) is 0 Å². The monoisotopic (exact) mass is 541 g/mol. The lowest BCUT2D eigenvalue weighted by atomic mass is 10.1. The van der Waals surface area contributed by atoms with Gasteiger partial charge in [-0.3, -0.25) is 14.0 Å². The Labute approximate surface area is 219 Å². The van der Waals surface area contributed by atoms with Gasteiger partial charge >= 0.3 is 6.18 Å². The molecule has 0 spiro atoms. The van der Waals surface area contributed by atoms with Gasteiger partial charge in [-0.15, -0.1) is 0 Å². The van der Waals surface area contributed by atoms with Gasteiger partial charge in [0.05, 0.1) is 33.1 Å². The van der Waals surface area contributed by atoms with Crippen molar-refractivity contribution in [3.63, 3.8) is 0 Å². The molecule has 0 radical (unpaired) electrons. The minimum atomic E-state index is -4.56. The summed E-state index contributed by atoms with van der Waals surface area (Å²) in [5, 5.41) is 6.64. The zero-order valence-electron chi connectivity index (χ0n) is 20.9. The Morgan fingerprint density at radius 2 is 1.72 bits per heavy atom. The number of carbonyl (C=O) groups excluding carboxylic acids is 1. The summed E-state index contributed by atoms with van der Waals surface area (Å²) in [5.41, 5.74) is 1.17. The number of carbonyl (C=O) groups is 1. The van der Waals surface area contributed by atoms with E-state index in [2.05, 4.69) is 20.8 Å². The van der Waals surface area contributed by atoms with Crippen molar-refractivity contribution in [3.05, 3.63) is 87.8 Å². The van der Waals surface area contributed by atoms with Gasteiger partial charge in [-0.1, -0.05) is 12.1 Å². The maximum Gasteiger partial charge on any atom is 0.416 e. The van der Waals surface area contributed by atoms with Crippen molar-refractivity contribution in [2.45, 2.75) is 6.18 Å². The molecule has 2 N–H and O–H groups in total. The number of nitrogens with one attached hydrogen (secondary N) is 2. The molecule has 0 saturated heterocycles. The SMILES string of the molecule is COc1cc(C(=O)NN=Cc2c(Nc3cccc(C(F)(F)F)c3)nc3ccccn3c2=O)cc(OC)c1OC. The minimum absolute atomic E-state index is 0.0492. The fraction of sp³-hybridized carbons (Fsp3) is 0.154. The number of aromatic nitrogens is 2. The lowest BCUT2D eigenvalue weighted by Gasteiger charge is -2.13. The summed E-state index contributed by atoms with van der Waals surface area (Å²) in [6.07, 6.45) is -2.03. The summed E-state index contributed by atoms with van der Waals surface area (Å²) < 4.78 is 56.6. The lowest BCUT2D eigenvalue weighted by molar-refractivity contribution is -0.137. The van der Waals surface area contributed by atoms with Gasteiger partial charge in [0.15, 0.2) is 11.5 Å². The van der Waals surface area contributed by atoms with E-state index >= 15 is 0 Å². The number of hydrogen-bond acceptors (Lipinski definition) is 8. The molecule has 13 heteroatoms. The van der Waals surface area contributed by atoms with Crippen LogP contribution in [0.3, 0.4) is 0 Å². The number of hydrazone groups is 1. The molecular weight excluding hydrogens is 519 g/mol. The average molecular weight is 541 g/mol. The van der Waals surface area contributed by atoms with Crippen LogP contribution >= 0.6 is 0 Å². The second-order valence-corrected chi connectivity index (χ2v) is 7.92. The molecule has 10 nitrogen and oxygen atoms in total. The highest BCUT2D eigenvalue weighted by atomic mass is 19.4. The van der Waals surface area contributed by atoms with Gasteiger partial charge in [-0.05, 0) is 42.5 Å². The first-order chi connectivity index (χ1) is 18.7. The van der Waals surface area contributed by atoms with Gasteiger partial charge in [0.2, 0.25) is 5.75 Å². The second-order valence-electron chi connectivity index (χ2n) is 7.92.